The monoisotopic (exact) mass is 436 g/mol. The summed E-state index contributed by atoms with van der Waals surface area (Å²) in [5, 5.41) is 3.70. The Balaban J connectivity index is 1.75. The van der Waals surface area contributed by atoms with Gasteiger partial charge < -0.3 is 10.5 Å². The molecule has 1 saturated heterocycles. The molecule has 0 saturated carbocycles. The van der Waals surface area contributed by atoms with Gasteiger partial charge in [-0.15, -0.1) is 0 Å². The summed E-state index contributed by atoms with van der Waals surface area (Å²) in [6.07, 6.45) is 0.825. The lowest BCUT2D eigenvalue weighted by Crippen LogP contribution is -2.45. The molecule has 1 amide bonds. The summed E-state index contributed by atoms with van der Waals surface area (Å²) in [6.45, 7) is 5.32. The van der Waals surface area contributed by atoms with E-state index in [1.807, 2.05) is 0 Å². The summed E-state index contributed by atoms with van der Waals surface area (Å²) in [7, 11) is 0. The lowest BCUT2D eigenvalue weighted by atomic mass is 9.94. The Hall–Kier alpha value is -3.11. The van der Waals surface area contributed by atoms with E-state index in [4.69, 9.17) is 10.5 Å². The third-order valence-electron chi connectivity index (χ3n) is 5.25. The van der Waals surface area contributed by atoms with Gasteiger partial charge in [-0.25, -0.2) is 14.8 Å². The minimum atomic E-state index is -4.72. The van der Waals surface area contributed by atoms with Crippen LogP contribution in [0.15, 0.2) is 24.5 Å². The molecular formula is C20H23F3N6O2. The van der Waals surface area contributed by atoms with Crippen molar-refractivity contribution >= 4 is 17.5 Å². The number of fused-ring (bicyclic) bond motifs is 2. The van der Waals surface area contributed by atoms with Gasteiger partial charge in [0.1, 0.15) is 11.4 Å². The minimum Gasteiger partial charge on any atom is -0.444 e. The standard InChI is InChI=1S/C20H23F3N6O2/c1-19(2,3)31-18(30)28-12-5-6-13(28)10-11(9-12)14-15(20(21,22)23)27-29(16(14)24)17-25-7-4-8-26-17/h4,7-9,12-13H,5-6,10,24H2,1-3H3/t12-,13-/m1/s1. The lowest BCUT2D eigenvalue weighted by molar-refractivity contribution is -0.141. The van der Waals surface area contributed by atoms with Crippen molar-refractivity contribution in [2.24, 2.45) is 0 Å². The van der Waals surface area contributed by atoms with E-state index >= 15 is 0 Å². The van der Waals surface area contributed by atoms with Gasteiger partial charge in [0.2, 0.25) is 0 Å². The van der Waals surface area contributed by atoms with Gasteiger partial charge in [-0.1, -0.05) is 6.08 Å². The Labute approximate surface area is 176 Å². The molecule has 2 aliphatic heterocycles. The first-order valence-corrected chi connectivity index (χ1v) is 9.91. The van der Waals surface area contributed by atoms with Crippen LogP contribution >= 0.6 is 0 Å². The molecule has 0 aromatic carbocycles. The van der Waals surface area contributed by atoms with E-state index in [0.29, 0.717) is 18.4 Å². The number of aromatic nitrogens is 4. The highest BCUT2D eigenvalue weighted by Gasteiger charge is 2.45. The zero-order chi connectivity index (χ0) is 22.6. The molecule has 0 radical (unpaired) electrons. The number of carbonyl (C=O) groups is 1. The maximum absolute atomic E-state index is 13.8. The molecule has 2 N–H and O–H groups in total. The molecule has 8 nitrogen and oxygen atoms in total. The third kappa shape index (κ3) is 3.96. The fraction of sp³-hybridized carbons (Fsp3) is 0.500. The summed E-state index contributed by atoms with van der Waals surface area (Å²) in [6, 6.07) is 0.915. The van der Waals surface area contributed by atoms with Gasteiger partial charge in [0, 0.05) is 18.4 Å². The summed E-state index contributed by atoms with van der Waals surface area (Å²) < 4.78 is 47.9. The second-order valence-corrected chi connectivity index (χ2v) is 8.65. The highest BCUT2D eigenvalue weighted by molar-refractivity contribution is 5.80. The quantitative estimate of drug-likeness (QED) is 0.769. The number of ether oxygens (including phenoxy) is 1. The van der Waals surface area contributed by atoms with Gasteiger partial charge in [-0.05, 0) is 51.7 Å². The molecule has 2 bridgehead atoms. The van der Waals surface area contributed by atoms with Crippen molar-refractivity contribution < 1.29 is 22.7 Å². The zero-order valence-corrected chi connectivity index (χ0v) is 17.3. The smallest absolute Gasteiger partial charge is 0.435 e. The predicted octanol–water partition coefficient (Wildman–Crippen LogP) is 3.82. The zero-order valence-electron chi connectivity index (χ0n) is 17.3. The fourth-order valence-corrected chi connectivity index (χ4v) is 4.11. The van der Waals surface area contributed by atoms with Crippen LogP contribution in [0.4, 0.5) is 23.8 Å². The highest BCUT2D eigenvalue weighted by atomic mass is 19.4. The number of anilines is 1. The number of nitrogens with zero attached hydrogens (tertiary/aromatic N) is 5. The molecule has 2 aromatic heterocycles. The molecule has 0 spiro atoms. The van der Waals surface area contributed by atoms with Crippen LogP contribution in [0.3, 0.4) is 0 Å². The third-order valence-corrected chi connectivity index (χ3v) is 5.25. The second-order valence-electron chi connectivity index (χ2n) is 8.65. The molecule has 2 atom stereocenters. The molecular weight excluding hydrogens is 413 g/mol. The summed E-state index contributed by atoms with van der Waals surface area (Å²) in [4.78, 5) is 22.2. The molecule has 4 heterocycles. The van der Waals surface area contributed by atoms with Crippen LogP contribution in [0.2, 0.25) is 0 Å². The van der Waals surface area contributed by atoms with Crippen molar-refractivity contribution in [2.75, 3.05) is 5.73 Å². The number of nitrogens with two attached hydrogens (primary N) is 1. The lowest BCUT2D eigenvalue weighted by Gasteiger charge is -2.35. The van der Waals surface area contributed by atoms with Crippen molar-refractivity contribution in [3.63, 3.8) is 0 Å². The Morgan fingerprint density at radius 3 is 2.45 bits per heavy atom. The molecule has 4 rings (SSSR count). The summed E-state index contributed by atoms with van der Waals surface area (Å²) in [5.41, 5.74) is 4.61. The van der Waals surface area contributed by atoms with Crippen molar-refractivity contribution in [1.82, 2.24) is 24.6 Å². The van der Waals surface area contributed by atoms with Gasteiger partial charge in [-0.3, -0.25) is 4.90 Å². The van der Waals surface area contributed by atoms with E-state index in [1.54, 1.807) is 37.8 Å². The maximum Gasteiger partial charge on any atom is 0.435 e. The Kier molecular flexibility index (Phi) is 4.94. The number of nitrogen functional groups attached to an aromatic ring is 1. The minimum absolute atomic E-state index is 0.0495. The molecule has 2 aliphatic rings. The Morgan fingerprint density at radius 2 is 1.87 bits per heavy atom. The van der Waals surface area contributed by atoms with Crippen molar-refractivity contribution in [1.29, 1.82) is 0 Å². The summed E-state index contributed by atoms with van der Waals surface area (Å²) in [5.74, 6) is -0.235. The van der Waals surface area contributed by atoms with Crippen LogP contribution in [0, 0.1) is 0 Å². The van der Waals surface area contributed by atoms with Crippen LogP contribution in [-0.4, -0.2) is 48.4 Å². The number of amides is 1. The first kappa shape index (κ1) is 21.1. The average molecular weight is 436 g/mol. The van der Waals surface area contributed by atoms with Crippen LogP contribution < -0.4 is 5.73 Å². The number of rotatable bonds is 2. The SMILES string of the molecule is CC(C)(C)OC(=O)N1[C@@H]2CC[C@@H]1C=C(c1c(C(F)(F)F)nn(-c3ncccn3)c1N)C2. The van der Waals surface area contributed by atoms with E-state index in [2.05, 4.69) is 15.1 Å². The highest BCUT2D eigenvalue weighted by Crippen LogP contribution is 2.45. The number of alkyl halides is 3. The van der Waals surface area contributed by atoms with E-state index in [0.717, 1.165) is 4.68 Å². The first-order valence-electron chi connectivity index (χ1n) is 9.91. The topological polar surface area (TPSA) is 99.2 Å². The van der Waals surface area contributed by atoms with Gasteiger partial charge >= 0.3 is 12.3 Å². The van der Waals surface area contributed by atoms with Crippen molar-refractivity contribution in [3.8, 4) is 5.95 Å². The number of halogens is 3. The molecule has 11 heteroatoms. The largest absolute Gasteiger partial charge is 0.444 e. The van der Waals surface area contributed by atoms with Crippen molar-refractivity contribution in [3.05, 3.63) is 35.8 Å². The normalized spacial score (nSPS) is 21.2. The molecule has 0 unspecified atom stereocenters. The average Bonchev–Trinajstić information content (AvgIpc) is 3.15. The first-order chi connectivity index (χ1) is 14.5. The molecule has 31 heavy (non-hydrogen) atoms. The molecule has 2 aromatic rings. The number of hydrogen-bond donors (Lipinski definition) is 1. The van der Waals surface area contributed by atoms with Crippen molar-refractivity contribution in [2.45, 2.75) is 63.9 Å². The van der Waals surface area contributed by atoms with E-state index in [-0.39, 0.29) is 35.8 Å². The number of carbonyl (C=O) groups excluding carboxylic acids is 1. The molecule has 1 fully saturated rings. The van der Waals surface area contributed by atoms with Crippen LogP contribution in [0.25, 0.3) is 11.5 Å². The van der Waals surface area contributed by atoms with Crippen LogP contribution in [-0.2, 0) is 10.9 Å². The Bertz CT molecular complexity index is 1030. The predicted molar refractivity (Wildman–Crippen MR) is 106 cm³/mol. The maximum atomic E-state index is 13.8. The van der Waals surface area contributed by atoms with Crippen LogP contribution in [0.5, 0.6) is 0 Å². The fourth-order valence-electron chi connectivity index (χ4n) is 4.11. The second kappa shape index (κ2) is 7.24. The molecule has 166 valence electrons. The van der Waals surface area contributed by atoms with E-state index < -0.39 is 23.6 Å². The Morgan fingerprint density at radius 1 is 1.19 bits per heavy atom. The van der Waals surface area contributed by atoms with E-state index in [1.165, 1.54) is 12.4 Å². The number of hydrogen-bond acceptors (Lipinski definition) is 6. The van der Waals surface area contributed by atoms with Crippen LogP contribution in [0.1, 0.15) is 51.3 Å². The van der Waals surface area contributed by atoms with Gasteiger partial charge in [0.05, 0.1) is 11.6 Å². The van der Waals surface area contributed by atoms with Gasteiger partial charge in [0.25, 0.3) is 5.95 Å². The summed E-state index contributed by atoms with van der Waals surface area (Å²) >= 11 is 0. The van der Waals surface area contributed by atoms with Gasteiger partial charge in [-0.2, -0.15) is 23.0 Å². The van der Waals surface area contributed by atoms with E-state index in [9.17, 15) is 18.0 Å². The molecule has 0 aliphatic carbocycles. The van der Waals surface area contributed by atoms with Gasteiger partial charge in [0.15, 0.2) is 5.69 Å².